The van der Waals surface area contributed by atoms with Crippen LogP contribution in [0.25, 0.3) is 0 Å². The maximum absolute atomic E-state index is 14.4. The maximum atomic E-state index is 14.4. The molecule has 1 N–H and O–H groups in total. The Morgan fingerprint density at radius 3 is 2.70 bits per heavy atom. The van der Waals surface area contributed by atoms with Gasteiger partial charge in [0.05, 0.1) is 17.1 Å². The van der Waals surface area contributed by atoms with Gasteiger partial charge in [0.1, 0.15) is 17.5 Å². The second-order valence-corrected chi connectivity index (χ2v) is 5.29. The fourth-order valence-electron chi connectivity index (χ4n) is 2.80. The van der Waals surface area contributed by atoms with Crippen molar-refractivity contribution in [2.45, 2.75) is 6.54 Å². The minimum atomic E-state index is -0.627. The number of nitrogens with zero attached hydrogens (tertiary/aromatic N) is 2. The van der Waals surface area contributed by atoms with Gasteiger partial charge in [0.2, 0.25) is 0 Å². The molecule has 0 bridgehead atoms. The van der Waals surface area contributed by atoms with Gasteiger partial charge in [-0.15, -0.1) is 0 Å². The molecule has 0 saturated carbocycles. The van der Waals surface area contributed by atoms with Gasteiger partial charge in [0, 0.05) is 24.4 Å². The Labute approximate surface area is 132 Å². The van der Waals surface area contributed by atoms with E-state index in [0.717, 1.165) is 23.0 Å². The molecule has 5 heteroatoms. The minimum absolute atomic E-state index is 0.266. The molecule has 0 atom stereocenters. The van der Waals surface area contributed by atoms with Crippen molar-refractivity contribution in [1.29, 1.82) is 0 Å². The average Bonchev–Trinajstić information content (AvgIpc) is 2.72. The van der Waals surface area contributed by atoms with Gasteiger partial charge >= 0.3 is 0 Å². The lowest BCUT2D eigenvalue weighted by Gasteiger charge is -2.25. The van der Waals surface area contributed by atoms with Crippen LogP contribution in [0.5, 0.6) is 0 Å². The summed E-state index contributed by atoms with van der Waals surface area (Å²) in [5.41, 5.74) is 2.85. The highest BCUT2D eigenvalue weighted by Crippen LogP contribution is 2.42. The Bertz CT molecular complexity index is 832. The molecule has 0 aliphatic carbocycles. The molecule has 23 heavy (non-hydrogen) atoms. The lowest BCUT2D eigenvalue weighted by atomic mass is 10.2. The lowest BCUT2D eigenvalue weighted by molar-refractivity contribution is 0.584. The molecule has 0 amide bonds. The van der Waals surface area contributed by atoms with E-state index in [2.05, 4.69) is 10.3 Å². The van der Waals surface area contributed by atoms with Crippen LogP contribution in [0.2, 0.25) is 0 Å². The molecule has 1 aliphatic heterocycles. The first-order valence-corrected chi connectivity index (χ1v) is 7.26. The molecular weight excluding hydrogens is 296 g/mol. The highest BCUT2D eigenvalue weighted by molar-refractivity contribution is 5.85. The maximum Gasteiger partial charge on any atom is 0.150 e. The summed E-state index contributed by atoms with van der Waals surface area (Å²) in [4.78, 5) is 6.15. The standard InChI is InChI=1S/C18H13F2N3/c19-13-7-8-16(14(20)10-13)23-17-6-2-1-5-15(17)22-11-12-4-3-9-21-18(12)23/h1-10,22H,11H2. The first-order valence-electron chi connectivity index (χ1n) is 7.26. The van der Waals surface area contributed by atoms with Crippen molar-refractivity contribution >= 4 is 22.9 Å². The zero-order valence-corrected chi connectivity index (χ0v) is 12.1. The Balaban J connectivity index is 2.00. The van der Waals surface area contributed by atoms with Gasteiger partial charge in [-0.05, 0) is 30.3 Å². The fourth-order valence-corrected chi connectivity index (χ4v) is 2.80. The third-order valence-corrected chi connectivity index (χ3v) is 3.84. The van der Waals surface area contributed by atoms with Crippen LogP contribution in [-0.2, 0) is 6.54 Å². The molecule has 2 aromatic carbocycles. The zero-order chi connectivity index (χ0) is 15.8. The first-order chi connectivity index (χ1) is 11.2. The highest BCUT2D eigenvalue weighted by atomic mass is 19.1. The molecule has 4 rings (SSSR count). The number of pyridine rings is 1. The van der Waals surface area contributed by atoms with Gasteiger partial charge in [0.15, 0.2) is 0 Å². The summed E-state index contributed by atoms with van der Waals surface area (Å²) in [6.45, 7) is 0.583. The van der Waals surface area contributed by atoms with Crippen molar-refractivity contribution in [3.05, 3.63) is 78.0 Å². The van der Waals surface area contributed by atoms with E-state index in [9.17, 15) is 8.78 Å². The summed E-state index contributed by atoms with van der Waals surface area (Å²) in [5.74, 6) is -0.595. The fraction of sp³-hybridized carbons (Fsp3) is 0.0556. The molecule has 0 spiro atoms. The van der Waals surface area contributed by atoms with Crippen molar-refractivity contribution < 1.29 is 8.78 Å². The molecule has 0 unspecified atom stereocenters. The summed E-state index contributed by atoms with van der Waals surface area (Å²) >= 11 is 0. The van der Waals surface area contributed by atoms with Crippen LogP contribution in [0.3, 0.4) is 0 Å². The quantitative estimate of drug-likeness (QED) is 0.703. The summed E-state index contributed by atoms with van der Waals surface area (Å²) in [5, 5.41) is 3.33. The second-order valence-electron chi connectivity index (χ2n) is 5.29. The van der Waals surface area contributed by atoms with Crippen molar-refractivity contribution in [2.75, 3.05) is 10.2 Å². The zero-order valence-electron chi connectivity index (χ0n) is 12.1. The van der Waals surface area contributed by atoms with E-state index >= 15 is 0 Å². The van der Waals surface area contributed by atoms with E-state index in [4.69, 9.17) is 0 Å². The number of anilines is 4. The Morgan fingerprint density at radius 2 is 1.83 bits per heavy atom. The van der Waals surface area contributed by atoms with E-state index in [0.29, 0.717) is 12.4 Å². The first kappa shape index (κ1) is 13.7. The molecular formula is C18H13F2N3. The number of hydrogen-bond acceptors (Lipinski definition) is 3. The van der Waals surface area contributed by atoms with Gasteiger partial charge < -0.3 is 5.32 Å². The third-order valence-electron chi connectivity index (χ3n) is 3.84. The van der Waals surface area contributed by atoms with E-state index in [-0.39, 0.29) is 5.69 Å². The van der Waals surface area contributed by atoms with Crippen LogP contribution in [0, 0.1) is 11.6 Å². The largest absolute Gasteiger partial charge is 0.379 e. The van der Waals surface area contributed by atoms with Crippen LogP contribution in [0.4, 0.5) is 31.7 Å². The van der Waals surface area contributed by atoms with Crippen LogP contribution < -0.4 is 10.2 Å². The van der Waals surface area contributed by atoms with E-state index in [1.807, 2.05) is 36.4 Å². The number of halogens is 2. The van der Waals surface area contributed by atoms with Crippen molar-refractivity contribution in [2.24, 2.45) is 0 Å². The number of para-hydroxylation sites is 2. The normalized spacial score (nSPS) is 12.9. The predicted octanol–water partition coefficient (Wildman–Crippen LogP) is 4.76. The number of fused-ring (bicyclic) bond motifs is 2. The lowest BCUT2D eigenvalue weighted by Crippen LogP contribution is -2.14. The van der Waals surface area contributed by atoms with Crippen molar-refractivity contribution in [1.82, 2.24) is 4.98 Å². The minimum Gasteiger partial charge on any atom is -0.379 e. The summed E-state index contributed by atoms with van der Waals surface area (Å²) in [7, 11) is 0. The predicted molar refractivity (Wildman–Crippen MR) is 86.2 cm³/mol. The molecule has 1 aromatic heterocycles. The number of aromatic nitrogens is 1. The van der Waals surface area contributed by atoms with Gasteiger partial charge in [0.25, 0.3) is 0 Å². The Hall–Kier alpha value is -2.95. The molecule has 114 valence electrons. The topological polar surface area (TPSA) is 28.2 Å². The summed E-state index contributed by atoms with van der Waals surface area (Å²) in [6, 6.07) is 15.0. The molecule has 1 aliphatic rings. The van der Waals surface area contributed by atoms with Gasteiger partial charge in [-0.25, -0.2) is 13.8 Å². The SMILES string of the molecule is Fc1ccc(N2c3ccccc3NCc3cccnc32)c(F)c1. The van der Waals surface area contributed by atoms with Crippen molar-refractivity contribution in [3.8, 4) is 0 Å². The average molecular weight is 309 g/mol. The van der Waals surface area contributed by atoms with E-state index in [1.54, 1.807) is 11.1 Å². The molecule has 0 saturated heterocycles. The third kappa shape index (κ3) is 2.30. The molecule has 2 heterocycles. The molecule has 0 radical (unpaired) electrons. The Morgan fingerprint density at radius 1 is 0.957 bits per heavy atom. The number of benzene rings is 2. The second kappa shape index (κ2) is 5.35. The number of nitrogens with one attached hydrogen (secondary N) is 1. The monoisotopic (exact) mass is 309 g/mol. The van der Waals surface area contributed by atoms with E-state index < -0.39 is 11.6 Å². The van der Waals surface area contributed by atoms with Crippen LogP contribution in [0.1, 0.15) is 5.56 Å². The van der Waals surface area contributed by atoms with E-state index in [1.165, 1.54) is 12.1 Å². The van der Waals surface area contributed by atoms with Gasteiger partial charge in [-0.1, -0.05) is 18.2 Å². The van der Waals surface area contributed by atoms with Gasteiger partial charge in [-0.3, -0.25) is 4.90 Å². The van der Waals surface area contributed by atoms with Crippen LogP contribution in [-0.4, -0.2) is 4.98 Å². The molecule has 3 nitrogen and oxygen atoms in total. The number of hydrogen-bond donors (Lipinski definition) is 1. The summed E-state index contributed by atoms with van der Waals surface area (Å²) in [6.07, 6.45) is 1.67. The smallest absolute Gasteiger partial charge is 0.150 e. The summed E-state index contributed by atoms with van der Waals surface area (Å²) < 4.78 is 27.7. The molecule has 3 aromatic rings. The van der Waals surface area contributed by atoms with Crippen LogP contribution >= 0.6 is 0 Å². The number of rotatable bonds is 1. The molecule has 0 fully saturated rings. The Kier molecular flexibility index (Phi) is 3.19. The van der Waals surface area contributed by atoms with Crippen molar-refractivity contribution in [3.63, 3.8) is 0 Å². The van der Waals surface area contributed by atoms with Crippen LogP contribution in [0.15, 0.2) is 60.8 Å². The highest BCUT2D eigenvalue weighted by Gasteiger charge is 2.24. The van der Waals surface area contributed by atoms with Gasteiger partial charge in [-0.2, -0.15) is 0 Å².